The molecule has 0 radical (unpaired) electrons. The largest absolute Gasteiger partial charge is 0.493 e. The Labute approximate surface area is 648 Å². The molecule has 0 saturated carbocycles. The Morgan fingerprint density at radius 1 is 0.509 bits per heavy atom. The summed E-state index contributed by atoms with van der Waals surface area (Å²) in [4.78, 5) is 12.0. The Bertz CT molecular complexity index is 3270. The van der Waals surface area contributed by atoms with Crippen LogP contribution in [-0.4, -0.2) is 142 Å². The van der Waals surface area contributed by atoms with Crippen molar-refractivity contribution in [3.05, 3.63) is 157 Å². The van der Waals surface area contributed by atoms with Crippen molar-refractivity contribution < 1.29 is 67.4 Å². The molecular formula is C83H137F3N4O12S4. The fourth-order valence-electron chi connectivity index (χ4n) is 7.83. The lowest BCUT2D eigenvalue weighted by Gasteiger charge is -2.17. The van der Waals surface area contributed by atoms with Crippen LogP contribution in [0.5, 0.6) is 40.4 Å². The number of aryl methyl sites for hydroxylation is 1. The van der Waals surface area contributed by atoms with Gasteiger partial charge in [0, 0.05) is 65.1 Å². The molecular weight excluding hydrogens is 1430 g/mol. The third-order valence-corrected chi connectivity index (χ3v) is 21.2. The molecule has 3 aromatic carbocycles. The van der Waals surface area contributed by atoms with Crippen LogP contribution in [0.4, 0.5) is 13.2 Å². The maximum atomic E-state index is 11.9. The molecule has 1 saturated heterocycles. The van der Waals surface area contributed by atoms with E-state index < -0.39 is 43.4 Å². The summed E-state index contributed by atoms with van der Waals surface area (Å²) in [6, 6.07) is 37.6. The summed E-state index contributed by atoms with van der Waals surface area (Å²) in [5, 5.41) is 0.639. The number of hydrogen-bond acceptors (Lipinski definition) is 16. The number of benzene rings is 3. The molecule has 0 aliphatic carbocycles. The summed E-state index contributed by atoms with van der Waals surface area (Å²) in [6.07, 6.45) is 5.42. The summed E-state index contributed by atoms with van der Waals surface area (Å²) >= 11 is 2.04. The van der Waals surface area contributed by atoms with Gasteiger partial charge in [-0.15, -0.1) is 0 Å². The number of alkyl halides is 3. The molecule has 23 heteroatoms. The fourth-order valence-corrected chi connectivity index (χ4v) is 12.3. The van der Waals surface area contributed by atoms with E-state index in [1.165, 1.54) is 23.4 Å². The lowest BCUT2D eigenvalue weighted by molar-refractivity contribution is -0.153. The first kappa shape index (κ1) is 104. The third-order valence-electron chi connectivity index (χ3n) is 12.8. The number of rotatable bonds is 25. The molecule has 0 bridgehead atoms. The quantitative estimate of drug-likeness (QED) is 0.0525. The molecule has 1 fully saturated rings. The highest BCUT2D eigenvalue weighted by Crippen LogP contribution is 2.27. The maximum Gasteiger partial charge on any atom is 0.422 e. The first-order valence-electron chi connectivity index (χ1n) is 37.0. The summed E-state index contributed by atoms with van der Waals surface area (Å²) in [6.45, 7) is 54.1. The minimum absolute atomic E-state index is 0.0298. The normalized spacial score (nSPS) is 12.2. The van der Waals surface area contributed by atoms with Crippen molar-refractivity contribution in [1.82, 2.24) is 19.3 Å². The average molecular weight is 1570 g/mol. The molecule has 6 aromatic rings. The van der Waals surface area contributed by atoms with E-state index >= 15 is 0 Å². The molecule has 3 aromatic heterocycles. The van der Waals surface area contributed by atoms with Gasteiger partial charge in [-0.1, -0.05) is 138 Å². The minimum atomic E-state index is -4.32. The van der Waals surface area contributed by atoms with Crippen LogP contribution in [-0.2, 0) is 30.7 Å². The van der Waals surface area contributed by atoms with Crippen molar-refractivity contribution in [2.24, 2.45) is 17.8 Å². The van der Waals surface area contributed by atoms with Gasteiger partial charge < -0.3 is 33.2 Å². The van der Waals surface area contributed by atoms with Gasteiger partial charge >= 0.3 is 6.18 Å². The van der Waals surface area contributed by atoms with E-state index in [9.17, 15) is 34.2 Å². The number of nitrogens with zero attached hydrogens (tertiary/aromatic N) is 4. The number of methoxy groups -OCH3 is 1. The highest BCUT2D eigenvalue weighted by atomic mass is 32.2. The number of sulfonamides is 1. The first-order chi connectivity index (χ1) is 49.2. The van der Waals surface area contributed by atoms with Gasteiger partial charge in [0.15, 0.2) is 27.9 Å². The van der Waals surface area contributed by atoms with Crippen LogP contribution in [0.2, 0.25) is 0 Å². The molecule has 1 atom stereocenters. The van der Waals surface area contributed by atoms with Gasteiger partial charge in [-0.2, -0.15) is 24.9 Å². The standard InChI is InChI=1S/C11H13F3O2.C10H14O2.C9H13NO.C9H12.2C8H11NO.C7H15NO2S.C7H16O2S.C7H16OS.C7H16S/c1-8(2)16-10-5-3-4-9(6-10)15-7-11(12,13)14;1-8(2)12-10-7-5-4-6-9(10)11-3;1-7(2)11-9-5-4-8(3)10-6-9;1-8(2)9-6-4-3-5-7-9;1-7(2)10-8-4-3-5-9-6-8;1-7(2)10-8-5-3-4-6-9-8;1-7(2)11(9,10)8-5-3-4-6-8;1-6(2)5-10(8,9)7(3)4;1-6(2)5-9(8)7(3)4;1-6(2)5-8-7(3)4/h3-6,8H,7H2,1-2H3;4-8H,1-3H3;4-7H,1-3H3;3-8H,1-2H3;2*3-7H,1-2H3;7H,3-6H2,1-2H3;6-7H,5H2,1-4H3;6-7H,5H2,1-4H3;6-7H,5H2,1-4H3. The van der Waals surface area contributed by atoms with E-state index in [2.05, 4.69) is 99.3 Å². The highest BCUT2D eigenvalue weighted by molar-refractivity contribution is 7.99. The molecule has 0 amide bonds. The second-order valence-electron chi connectivity index (χ2n) is 28.7. The van der Waals surface area contributed by atoms with Crippen LogP contribution < -0.4 is 33.2 Å². The van der Waals surface area contributed by atoms with Crippen LogP contribution in [0.15, 0.2) is 146 Å². The molecule has 606 valence electrons. The smallest absolute Gasteiger partial charge is 0.422 e. The van der Waals surface area contributed by atoms with Gasteiger partial charge in [-0.3, -0.25) is 14.2 Å². The van der Waals surface area contributed by atoms with E-state index in [0.29, 0.717) is 34.5 Å². The number of thioether (sulfide) groups is 1. The number of hydrogen-bond donors (Lipinski definition) is 0. The second kappa shape index (κ2) is 58.8. The lowest BCUT2D eigenvalue weighted by Crippen LogP contribution is -2.33. The number of para-hydroxylation sites is 2. The van der Waals surface area contributed by atoms with Crippen molar-refractivity contribution in [2.75, 3.05) is 44.1 Å². The van der Waals surface area contributed by atoms with Crippen LogP contribution in [0.1, 0.15) is 210 Å². The summed E-state index contributed by atoms with van der Waals surface area (Å²) in [5.74, 6) is 9.36. The van der Waals surface area contributed by atoms with Crippen molar-refractivity contribution in [1.29, 1.82) is 0 Å². The third kappa shape index (κ3) is 59.8. The number of halogens is 3. The lowest BCUT2D eigenvalue weighted by atomic mass is 10.0. The van der Waals surface area contributed by atoms with Crippen molar-refractivity contribution in [2.45, 2.75) is 263 Å². The van der Waals surface area contributed by atoms with Gasteiger partial charge in [-0.05, 0) is 212 Å². The number of sulfone groups is 1. The monoisotopic (exact) mass is 1570 g/mol. The van der Waals surface area contributed by atoms with Gasteiger partial charge in [0.05, 0.1) is 66.3 Å². The van der Waals surface area contributed by atoms with Crippen molar-refractivity contribution in [3.63, 3.8) is 0 Å². The predicted octanol–water partition coefficient (Wildman–Crippen LogP) is 21.5. The van der Waals surface area contributed by atoms with Crippen molar-refractivity contribution >= 4 is 42.4 Å². The maximum absolute atomic E-state index is 11.9. The van der Waals surface area contributed by atoms with Gasteiger partial charge in [0.25, 0.3) is 0 Å². The Morgan fingerprint density at radius 2 is 1.01 bits per heavy atom. The van der Waals surface area contributed by atoms with Crippen LogP contribution >= 0.6 is 11.8 Å². The number of pyridine rings is 3. The van der Waals surface area contributed by atoms with Crippen LogP contribution in [0.25, 0.3) is 0 Å². The zero-order valence-corrected chi connectivity index (χ0v) is 72.7. The van der Waals surface area contributed by atoms with E-state index in [-0.39, 0.29) is 52.7 Å². The second-order valence-corrected chi connectivity index (χ2v) is 37.4. The molecule has 0 N–H and O–H groups in total. The van der Waals surface area contributed by atoms with Gasteiger partial charge in [-0.25, -0.2) is 26.1 Å². The minimum Gasteiger partial charge on any atom is -0.493 e. The molecule has 4 heterocycles. The molecule has 7 rings (SSSR count). The Kier molecular flexibility index (Phi) is 57.7. The summed E-state index contributed by atoms with van der Waals surface area (Å²) in [7, 11) is -4.70. The molecule has 1 unspecified atom stereocenters. The topological polar surface area (TPSA) is 192 Å². The average Bonchev–Trinajstić information content (AvgIpc) is 1.64. The van der Waals surface area contributed by atoms with E-state index in [1.807, 2.05) is 188 Å². The fraction of sp³-hybridized carbons (Fsp3) is 0.602. The number of ether oxygens (including phenoxy) is 7. The SMILES string of the molecule is CC(C)CS(=O)(=O)C(C)C.CC(C)CS(=O)C(C)C.CC(C)CSC(C)C.CC(C)Oc1cccc(OCC(F)(F)F)c1.CC(C)Oc1ccccn1.CC(C)Oc1cccnc1.CC(C)S(=O)(=O)N1CCCC1.CC(C)c1ccccc1.COc1ccccc1OC(C)C.Cc1ccc(OC(C)C)cn1. The van der Waals surface area contributed by atoms with Gasteiger partial charge in [0.1, 0.15) is 23.0 Å². The molecule has 1 aliphatic heterocycles. The zero-order chi connectivity index (χ0) is 81.8. The first-order valence-corrected chi connectivity index (χ1v) is 42.6. The predicted molar refractivity (Wildman–Crippen MR) is 442 cm³/mol. The highest BCUT2D eigenvalue weighted by Gasteiger charge is 2.29. The Morgan fingerprint density at radius 3 is 1.38 bits per heavy atom. The Balaban J connectivity index is -0.00000112. The number of aromatic nitrogens is 3. The molecule has 1 aliphatic rings. The van der Waals surface area contributed by atoms with Gasteiger partial charge in [0.2, 0.25) is 15.9 Å². The molecule has 16 nitrogen and oxygen atoms in total. The van der Waals surface area contributed by atoms with E-state index in [0.717, 1.165) is 71.5 Å². The van der Waals surface area contributed by atoms with Crippen LogP contribution in [0, 0.1) is 24.7 Å². The van der Waals surface area contributed by atoms with E-state index in [4.69, 9.17) is 28.4 Å². The molecule has 106 heavy (non-hydrogen) atoms. The zero-order valence-electron chi connectivity index (χ0n) is 69.5. The van der Waals surface area contributed by atoms with E-state index in [1.54, 1.807) is 76.0 Å². The van der Waals surface area contributed by atoms with Crippen molar-refractivity contribution in [3.8, 4) is 40.4 Å². The summed E-state index contributed by atoms with van der Waals surface area (Å²) < 4.78 is 130. The molecule has 0 spiro atoms. The Hall–Kier alpha value is -6.14. The van der Waals surface area contributed by atoms with Crippen LogP contribution in [0.3, 0.4) is 0 Å². The summed E-state index contributed by atoms with van der Waals surface area (Å²) in [5.41, 5.74) is 2.43.